The van der Waals surface area contributed by atoms with E-state index in [0.717, 1.165) is 44.6 Å². The van der Waals surface area contributed by atoms with E-state index >= 15 is 0 Å². The molecule has 134 valence electrons. The molecule has 0 bridgehead atoms. The van der Waals surface area contributed by atoms with Gasteiger partial charge in [-0.05, 0) is 56.5 Å². The summed E-state index contributed by atoms with van der Waals surface area (Å²) >= 11 is 0. The topological polar surface area (TPSA) is 67.1 Å². The first-order valence-corrected chi connectivity index (χ1v) is 9.23. The Bertz CT molecular complexity index is 708. The van der Waals surface area contributed by atoms with E-state index in [-0.39, 0.29) is 0 Å². The zero-order chi connectivity index (χ0) is 17.8. The van der Waals surface area contributed by atoms with E-state index in [1.807, 2.05) is 6.20 Å². The number of nitrogens with one attached hydrogen (secondary N) is 1. The van der Waals surface area contributed by atoms with Crippen LogP contribution in [0.4, 0.5) is 11.6 Å². The molecule has 0 radical (unpaired) electrons. The summed E-state index contributed by atoms with van der Waals surface area (Å²) in [4.78, 5) is 11.8. The third-order valence-electron chi connectivity index (χ3n) is 4.93. The van der Waals surface area contributed by atoms with Gasteiger partial charge in [-0.15, -0.1) is 0 Å². The molecule has 1 aromatic carbocycles. The van der Waals surface area contributed by atoms with Crippen LogP contribution in [0.3, 0.4) is 0 Å². The molecule has 1 aliphatic rings. The highest BCUT2D eigenvalue weighted by Crippen LogP contribution is 2.23. The van der Waals surface area contributed by atoms with Gasteiger partial charge in [-0.3, -0.25) is 4.90 Å². The standard InChI is InChI=1S/C20H29N5/c1-4-18(5-7-21)25-8-6-19-16(13-25)12-22-20(24-19)23-17-10-14(2)9-15(3)11-17/h9-12,18H,4-8,13,21H2,1-3H3,(H,22,23,24). The minimum absolute atomic E-state index is 0.561. The van der Waals surface area contributed by atoms with Gasteiger partial charge in [0.05, 0.1) is 5.69 Å². The van der Waals surface area contributed by atoms with Crippen molar-refractivity contribution >= 4 is 11.6 Å². The van der Waals surface area contributed by atoms with Crippen molar-refractivity contribution in [3.05, 3.63) is 46.8 Å². The smallest absolute Gasteiger partial charge is 0.227 e. The van der Waals surface area contributed by atoms with Gasteiger partial charge in [-0.1, -0.05) is 13.0 Å². The summed E-state index contributed by atoms with van der Waals surface area (Å²) in [6.45, 7) is 9.17. The molecule has 5 heteroatoms. The second-order valence-electron chi connectivity index (χ2n) is 7.03. The van der Waals surface area contributed by atoms with Gasteiger partial charge < -0.3 is 11.1 Å². The van der Waals surface area contributed by atoms with Crippen LogP contribution >= 0.6 is 0 Å². The van der Waals surface area contributed by atoms with Gasteiger partial charge in [0, 0.05) is 43.0 Å². The van der Waals surface area contributed by atoms with E-state index in [2.05, 4.69) is 54.2 Å². The van der Waals surface area contributed by atoms with Crippen molar-refractivity contribution in [2.45, 2.75) is 52.6 Å². The van der Waals surface area contributed by atoms with Crippen molar-refractivity contribution in [3.8, 4) is 0 Å². The molecule has 1 unspecified atom stereocenters. The van der Waals surface area contributed by atoms with Crippen molar-refractivity contribution < 1.29 is 0 Å². The lowest BCUT2D eigenvalue weighted by molar-refractivity contribution is 0.165. The van der Waals surface area contributed by atoms with Crippen LogP contribution < -0.4 is 11.1 Å². The predicted molar refractivity (Wildman–Crippen MR) is 103 cm³/mol. The summed E-state index contributed by atoms with van der Waals surface area (Å²) < 4.78 is 0. The number of rotatable bonds is 6. The fourth-order valence-electron chi connectivity index (χ4n) is 3.72. The Morgan fingerprint density at radius 2 is 2.00 bits per heavy atom. The fourth-order valence-corrected chi connectivity index (χ4v) is 3.72. The maximum atomic E-state index is 5.76. The molecule has 25 heavy (non-hydrogen) atoms. The number of aryl methyl sites for hydroxylation is 2. The van der Waals surface area contributed by atoms with Gasteiger partial charge in [-0.25, -0.2) is 9.97 Å². The number of hydrogen-bond acceptors (Lipinski definition) is 5. The molecule has 0 fully saturated rings. The van der Waals surface area contributed by atoms with Crippen LogP contribution in [0.5, 0.6) is 0 Å². The van der Waals surface area contributed by atoms with E-state index < -0.39 is 0 Å². The molecular formula is C20H29N5. The van der Waals surface area contributed by atoms with Gasteiger partial charge >= 0.3 is 0 Å². The summed E-state index contributed by atoms with van der Waals surface area (Å²) in [5, 5.41) is 3.35. The highest BCUT2D eigenvalue weighted by Gasteiger charge is 2.23. The van der Waals surface area contributed by atoms with E-state index in [9.17, 15) is 0 Å². The maximum absolute atomic E-state index is 5.76. The molecule has 1 aliphatic heterocycles. The van der Waals surface area contributed by atoms with Gasteiger partial charge in [0.15, 0.2) is 0 Å². The van der Waals surface area contributed by atoms with Crippen molar-refractivity contribution in [1.29, 1.82) is 0 Å². The normalized spacial score (nSPS) is 15.7. The lowest BCUT2D eigenvalue weighted by atomic mass is 10.0. The molecule has 0 aliphatic carbocycles. The molecule has 3 rings (SSSR count). The summed E-state index contributed by atoms with van der Waals surface area (Å²) in [7, 11) is 0. The minimum Gasteiger partial charge on any atom is -0.330 e. The van der Waals surface area contributed by atoms with Crippen LogP contribution in [-0.2, 0) is 13.0 Å². The molecule has 5 nitrogen and oxygen atoms in total. The quantitative estimate of drug-likeness (QED) is 0.845. The van der Waals surface area contributed by atoms with Crippen LogP contribution in [0.15, 0.2) is 24.4 Å². The number of fused-ring (bicyclic) bond motifs is 1. The second kappa shape index (κ2) is 7.93. The van der Waals surface area contributed by atoms with Crippen molar-refractivity contribution in [1.82, 2.24) is 14.9 Å². The Labute approximate surface area is 150 Å². The van der Waals surface area contributed by atoms with E-state index in [1.54, 1.807) is 0 Å². The van der Waals surface area contributed by atoms with Gasteiger partial charge in [0.25, 0.3) is 0 Å². The van der Waals surface area contributed by atoms with Crippen LogP contribution in [0.1, 0.15) is 42.1 Å². The molecule has 0 saturated carbocycles. The average Bonchev–Trinajstić information content (AvgIpc) is 2.58. The van der Waals surface area contributed by atoms with Gasteiger partial charge in [-0.2, -0.15) is 0 Å². The number of nitrogens with two attached hydrogens (primary N) is 1. The van der Waals surface area contributed by atoms with E-state index in [1.165, 1.54) is 22.4 Å². The lowest BCUT2D eigenvalue weighted by Crippen LogP contribution is -2.40. The summed E-state index contributed by atoms with van der Waals surface area (Å²) in [6, 6.07) is 6.97. The van der Waals surface area contributed by atoms with E-state index in [4.69, 9.17) is 10.7 Å². The molecular weight excluding hydrogens is 310 g/mol. The number of anilines is 2. The minimum atomic E-state index is 0.561. The number of benzene rings is 1. The Morgan fingerprint density at radius 1 is 1.24 bits per heavy atom. The highest BCUT2D eigenvalue weighted by atomic mass is 15.2. The molecule has 1 atom stereocenters. The SMILES string of the molecule is CCC(CCN)N1CCc2nc(Nc3cc(C)cc(C)c3)ncc2C1. The molecule has 0 spiro atoms. The average molecular weight is 339 g/mol. The lowest BCUT2D eigenvalue weighted by Gasteiger charge is -2.34. The van der Waals surface area contributed by atoms with Crippen molar-refractivity contribution in [2.75, 3.05) is 18.4 Å². The first kappa shape index (κ1) is 17.8. The third kappa shape index (κ3) is 4.35. The zero-order valence-corrected chi connectivity index (χ0v) is 15.5. The summed E-state index contributed by atoms with van der Waals surface area (Å²) in [6.07, 6.45) is 5.15. The largest absolute Gasteiger partial charge is 0.330 e. The Morgan fingerprint density at radius 3 is 2.68 bits per heavy atom. The summed E-state index contributed by atoms with van der Waals surface area (Å²) in [5.41, 5.74) is 11.7. The van der Waals surface area contributed by atoms with Gasteiger partial charge in [0.2, 0.25) is 5.95 Å². The van der Waals surface area contributed by atoms with Crippen LogP contribution in [0.25, 0.3) is 0 Å². The molecule has 2 heterocycles. The summed E-state index contributed by atoms with van der Waals surface area (Å²) in [5.74, 6) is 0.686. The first-order chi connectivity index (χ1) is 12.1. The maximum Gasteiger partial charge on any atom is 0.227 e. The van der Waals surface area contributed by atoms with Gasteiger partial charge in [0.1, 0.15) is 0 Å². The Hall–Kier alpha value is -1.98. The fraction of sp³-hybridized carbons (Fsp3) is 0.500. The molecule has 2 aromatic rings. The second-order valence-corrected chi connectivity index (χ2v) is 7.03. The Kier molecular flexibility index (Phi) is 5.66. The number of aromatic nitrogens is 2. The van der Waals surface area contributed by atoms with Crippen LogP contribution in [0, 0.1) is 13.8 Å². The van der Waals surface area contributed by atoms with Crippen LogP contribution in [0.2, 0.25) is 0 Å². The first-order valence-electron chi connectivity index (χ1n) is 9.23. The number of hydrogen-bond donors (Lipinski definition) is 2. The molecule has 3 N–H and O–H groups in total. The highest BCUT2D eigenvalue weighted by molar-refractivity contribution is 5.56. The Balaban J connectivity index is 1.73. The predicted octanol–water partition coefficient (Wildman–Crippen LogP) is 3.32. The third-order valence-corrected chi connectivity index (χ3v) is 4.93. The van der Waals surface area contributed by atoms with Crippen molar-refractivity contribution in [3.63, 3.8) is 0 Å². The molecule has 1 aromatic heterocycles. The van der Waals surface area contributed by atoms with E-state index in [0.29, 0.717) is 12.0 Å². The molecule has 0 amide bonds. The number of nitrogens with zero attached hydrogens (tertiary/aromatic N) is 3. The monoisotopic (exact) mass is 339 g/mol. The van der Waals surface area contributed by atoms with Crippen molar-refractivity contribution in [2.24, 2.45) is 5.73 Å². The molecule has 0 saturated heterocycles. The zero-order valence-electron chi connectivity index (χ0n) is 15.5. The van der Waals surface area contributed by atoms with Crippen LogP contribution in [-0.4, -0.2) is 34.0 Å².